The van der Waals surface area contributed by atoms with Crippen LogP contribution in [0.4, 0.5) is 4.39 Å². The topological polar surface area (TPSA) is 44.3 Å². The number of nitrogens with zero attached hydrogens (tertiary/aromatic N) is 3. The summed E-state index contributed by atoms with van der Waals surface area (Å²) in [4.78, 5) is 21.5. The highest BCUT2D eigenvalue weighted by Crippen LogP contribution is 2.18. The van der Waals surface area contributed by atoms with Crippen molar-refractivity contribution in [3.63, 3.8) is 0 Å². The summed E-state index contributed by atoms with van der Waals surface area (Å²) in [6, 6.07) is 10.2. The van der Waals surface area contributed by atoms with E-state index in [0.717, 1.165) is 19.6 Å². The van der Waals surface area contributed by atoms with E-state index in [1.807, 2.05) is 4.90 Å². The summed E-state index contributed by atoms with van der Waals surface area (Å²) in [6.45, 7) is 3.95. The van der Waals surface area contributed by atoms with Gasteiger partial charge in [0.05, 0.1) is 0 Å². The van der Waals surface area contributed by atoms with Gasteiger partial charge in [-0.15, -0.1) is 11.3 Å². The van der Waals surface area contributed by atoms with Crippen LogP contribution in [0, 0.1) is 10.6 Å². The van der Waals surface area contributed by atoms with Crippen LogP contribution in [0.3, 0.4) is 0 Å². The van der Waals surface area contributed by atoms with Crippen LogP contribution in [0.1, 0.15) is 15.4 Å². The van der Waals surface area contributed by atoms with Crippen molar-refractivity contribution < 1.29 is 9.18 Å². The van der Waals surface area contributed by atoms with Gasteiger partial charge < -0.3 is 9.88 Å². The molecule has 1 N–H and O–H groups in total. The Hall–Kier alpha value is -2.29. The van der Waals surface area contributed by atoms with Crippen molar-refractivity contribution >= 4 is 29.5 Å². The molecular formula is C19H19FN4OS2. The van der Waals surface area contributed by atoms with Gasteiger partial charge in [-0.1, -0.05) is 6.07 Å². The fourth-order valence-corrected chi connectivity index (χ4v) is 4.28. The number of carbonyl (C=O) groups excluding carboxylic acids is 1. The van der Waals surface area contributed by atoms with Crippen LogP contribution in [0.25, 0.3) is 5.69 Å². The van der Waals surface area contributed by atoms with E-state index < -0.39 is 0 Å². The number of imidazole rings is 1. The van der Waals surface area contributed by atoms with E-state index in [9.17, 15) is 9.18 Å². The number of hydrogen-bond donors (Lipinski definition) is 1. The second-order valence-corrected chi connectivity index (χ2v) is 7.86. The number of thiophene rings is 1. The van der Waals surface area contributed by atoms with Crippen molar-refractivity contribution in [2.75, 3.05) is 26.2 Å². The largest absolute Gasteiger partial charge is 0.336 e. The van der Waals surface area contributed by atoms with Crippen LogP contribution in [0.2, 0.25) is 0 Å². The van der Waals surface area contributed by atoms with Gasteiger partial charge in [0.2, 0.25) is 0 Å². The first kappa shape index (κ1) is 18.1. The highest BCUT2D eigenvalue weighted by atomic mass is 32.1. The first-order valence-corrected chi connectivity index (χ1v) is 10.0. The number of nitrogens with one attached hydrogen (secondary N) is 1. The Morgan fingerprint density at radius 3 is 2.56 bits per heavy atom. The van der Waals surface area contributed by atoms with Gasteiger partial charge in [0.15, 0.2) is 4.77 Å². The summed E-state index contributed by atoms with van der Waals surface area (Å²) in [7, 11) is 0. The van der Waals surface area contributed by atoms with Gasteiger partial charge in [-0.05, 0) is 47.9 Å². The monoisotopic (exact) mass is 402 g/mol. The van der Waals surface area contributed by atoms with E-state index in [1.165, 1.54) is 17.0 Å². The number of halogens is 1. The maximum absolute atomic E-state index is 13.2. The van der Waals surface area contributed by atoms with Gasteiger partial charge in [0, 0.05) is 49.5 Å². The molecule has 1 fully saturated rings. The lowest BCUT2D eigenvalue weighted by molar-refractivity contribution is 0.0621. The molecule has 1 amide bonds. The third-order valence-corrected chi connectivity index (χ3v) is 5.86. The molecule has 0 saturated carbocycles. The molecule has 140 valence electrons. The Kier molecular flexibility index (Phi) is 5.20. The summed E-state index contributed by atoms with van der Waals surface area (Å²) in [5.74, 6) is -0.391. The van der Waals surface area contributed by atoms with Crippen molar-refractivity contribution in [3.05, 3.63) is 69.1 Å². The number of benzene rings is 1. The number of aromatic nitrogens is 2. The van der Waals surface area contributed by atoms with Gasteiger partial charge >= 0.3 is 0 Å². The van der Waals surface area contributed by atoms with Crippen molar-refractivity contribution in [1.82, 2.24) is 19.4 Å². The van der Waals surface area contributed by atoms with Crippen molar-refractivity contribution in [2.45, 2.75) is 6.54 Å². The number of hydrogen-bond acceptors (Lipinski definition) is 4. The smallest absolute Gasteiger partial charge is 0.272 e. The molecule has 8 heteroatoms. The lowest BCUT2D eigenvalue weighted by atomic mass is 10.2. The third-order valence-electron chi connectivity index (χ3n) is 4.70. The van der Waals surface area contributed by atoms with Crippen LogP contribution in [0.15, 0.2) is 48.0 Å². The summed E-state index contributed by atoms with van der Waals surface area (Å²) >= 11 is 7.08. The minimum atomic E-state index is -0.324. The van der Waals surface area contributed by atoms with Crippen LogP contribution in [0.5, 0.6) is 0 Å². The molecule has 5 nitrogen and oxygen atoms in total. The zero-order valence-electron chi connectivity index (χ0n) is 14.6. The molecule has 4 rings (SSSR count). The Morgan fingerprint density at radius 2 is 1.89 bits per heavy atom. The average Bonchev–Trinajstić information content (AvgIpc) is 3.32. The summed E-state index contributed by atoms with van der Waals surface area (Å²) < 4.78 is 15.3. The van der Waals surface area contributed by atoms with Crippen molar-refractivity contribution in [3.8, 4) is 5.69 Å². The normalized spacial score (nSPS) is 15.2. The van der Waals surface area contributed by atoms with Gasteiger partial charge in [-0.3, -0.25) is 14.3 Å². The average molecular weight is 403 g/mol. The van der Waals surface area contributed by atoms with Crippen LogP contribution in [-0.4, -0.2) is 51.4 Å². The first-order valence-electron chi connectivity index (χ1n) is 8.72. The SMILES string of the molecule is O=C(c1c[nH]c(=S)n1-c1ccc(F)cc1)N1CCN(Cc2cccs2)CC1. The molecule has 1 aromatic carbocycles. The fraction of sp³-hybridized carbons (Fsp3) is 0.263. The summed E-state index contributed by atoms with van der Waals surface area (Å²) in [6.07, 6.45) is 1.63. The zero-order valence-corrected chi connectivity index (χ0v) is 16.2. The van der Waals surface area contributed by atoms with E-state index in [-0.39, 0.29) is 11.7 Å². The van der Waals surface area contributed by atoms with E-state index in [1.54, 1.807) is 34.2 Å². The number of amides is 1. The quantitative estimate of drug-likeness (QED) is 0.677. The Labute approximate surface area is 165 Å². The van der Waals surface area contributed by atoms with E-state index in [4.69, 9.17) is 12.2 Å². The van der Waals surface area contributed by atoms with Gasteiger partial charge in [-0.25, -0.2) is 4.39 Å². The molecule has 2 aromatic heterocycles. The second kappa shape index (κ2) is 7.75. The maximum Gasteiger partial charge on any atom is 0.272 e. The zero-order chi connectivity index (χ0) is 18.8. The minimum Gasteiger partial charge on any atom is -0.336 e. The Bertz CT molecular complexity index is 970. The van der Waals surface area contributed by atoms with E-state index in [0.29, 0.717) is 29.2 Å². The molecule has 27 heavy (non-hydrogen) atoms. The number of aromatic amines is 1. The van der Waals surface area contributed by atoms with E-state index >= 15 is 0 Å². The minimum absolute atomic E-state index is 0.0672. The molecule has 0 radical (unpaired) electrons. The third kappa shape index (κ3) is 3.87. The number of carbonyl (C=O) groups is 1. The summed E-state index contributed by atoms with van der Waals surface area (Å²) in [5, 5.41) is 2.08. The highest BCUT2D eigenvalue weighted by Gasteiger charge is 2.25. The number of H-pyrrole nitrogens is 1. The predicted molar refractivity (Wildman–Crippen MR) is 106 cm³/mol. The molecular weight excluding hydrogens is 383 g/mol. The lowest BCUT2D eigenvalue weighted by Crippen LogP contribution is -2.48. The lowest BCUT2D eigenvalue weighted by Gasteiger charge is -2.34. The molecule has 0 aliphatic carbocycles. The molecule has 1 aliphatic heterocycles. The fourth-order valence-electron chi connectivity index (χ4n) is 3.27. The number of piperazine rings is 1. The molecule has 0 bridgehead atoms. The highest BCUT2D eigenvalue weighted by molar-refractivity contribution is 7.71. The summed E-state index contributed by atoms with van der Waals surface area (Å²) in [5.41, 5.74) is 1.14. The predicted octanol–water partition coefficient (Wildman–Crippen LogP) is 3.69. The van der Waals surface area contributed by atoms with Crippen molar-refractivity contribution in [2.24, 2.45) is 0 Å². The molecule has 3 heterocycles. The Morgan fingerprint density at radius 1 is 1.15 bits per heavy atom. The first-order chi connectivity index (χ1) is 13.1. The van der Waals surface area contributed by atoms with Crippen LogP contribution < -0.4 is 0 Å². The standard InChI is InChI=1S/C19H19FN4OS2/c20-14-3-5-15(6-4-14)24-17(12-21-19(24)26)18(25)23-9-7-22(8-10-23)13-16-2-1-11-27-16/h1-6,11-12H,7-10,13H2,(H,21,26). The van der Waals surface area contributed by atoms with Crippen LogP contribution >= 0.6 is 23.6 Å². The second-order valence-electron chi connectivity index (χ2n) is 6.44. The maximum atomic E-state index is 13.2. The Balaban J connectivity index is 1.48. The van der Waals surface area contributed by atoms with Gasteiger partial charge in [-0.2, -0.15) is 0 Å². The van der Waals surface area contributed by atoms with Crippen molar-refractivity contribution in [1.29, 1.82) is 0 Å². The molecule has 0 atom stereocenters. The van der Waals surface area contributed by atoms with Gasteiger partial charge in [0.1, 0.15) is 11.5 Å². The van der Waals surface area contributed by atoms with E-state index in [2.05, 4.69) is 27.4 Å². The van der Waals surface area contributed by atoms with Gasteiger partial charge in [0.25, 0.3) is 5.91 Å². The molecule has 1 aliphatic rings. The number of rotatable bonds is 4. The molecule has 1 saturated heterocycles. The molecule has 0 spiro atoms. The molecule has 3 aromatic rings. The van der Waals surface area contributed by atoms with Crippen LogP contribution in [-0.2, 0) is 6.54 Å². The molecule has 0 unspecified atom stereocenters.